The number of thiazole rings is 1. The van der Waals surface area contributed by atoms with Gasteiger partial charge >= 0.3 is 5.97 Å². The molecule has 0 aliphatic rings. The van der Waals surface area contributed by atoms with Crippen molar-refractivity contribution in [3.8, 4) is 0 Å². The minimum absolute atomic E-state index is 0.0408. The van der Waals surface area contributed by atoms with Crippen molar-refractivity contribution in [3.63, 3.8) is 0 Å². The highest BCUT2D eigenvalue weighted by atomic mass is 32.1. The lowest BCUT2D eigenvalue weighted by atomic mass is 9.80. The molecule has 1 atom stereocenters. The highest BCUT2D eigenvalue weighted by molar-refractivity contribution is 7.09. The van der Waals surface area contributed by atoms with Gasteiger partial charge in [0.25, 0.3) is 0 Å². The average molecular weight is 341 g/mol. The first-order chi connectivity index (χ1) is 10.7. The molecule has 1 unspecified atom stereocenters. The summed E-state index contributed by atoms with van der Waals surface area (Å²) in [5.74, 6) is -0.561. The van der Waals surface area contributed by atoms with Crippen LogP contribution in [0.1, 0.15) is 63.4 Å². The normalized spacial score (nSPS) is 14.1. The van der Waals surface area contributed by atoms with Gasteiger partial charge in [0, 0.05) is 11.3 Å². The second kappa shape index (κ2) is 8.55. The van der Waals surface area contributed by atoms with Crippen molar-refractivity contribution >= 4 is 23.1 Å². The van der Waals surface area contributed by atoms with Crippen molar-refractivity contribution in [1.82, 2.24) is 4.98 Å². The summed E-state index contributed by atoms with van der Waals surface area (Å²) in [6, 6.07) is 0. The second-order valence-corrected chi connectivity index (χ2v) is 7.43. The monoisotopic (exact) mass is 341 g/mol. The van der Waals surface area contributed by atoms with Gasteiger partial charge in [0.15, 0.2) is 0 Å². The Hall–Kier alpha value is -1.27. The van der Waals surface area contributed by atoms with Gasteiger partial charge in [0.05, 0.1) is 23.9 Å². The van der Waals surface area contributed by atoms with Crippen LogP contribution < -0.4 is 0 Å². The standard InChI is InChI=1S/C17H27NO4S/c1-11(2)16-14(18-10-23-16)6-7-17(21,12(3)4)9-13(19)8-15(20)22-5/h10-12,21H,6-9H2,1-5H3. The summed E-state index contributed by atoms with van der Waals surface area (Å²) in [5.41, 5.74) is 1.68. The number of nitrogens with zero attached hydrogens (tertiary/aromatic N) is 1. The molecule has 1 aromatic heterocycles. The molecule has 0 radical (unpaired) electrons. The Labute approximate surface area is 142 Å². The van der Waals surface area contributed by atoms with E-state index in [9.17, 15) is 14.7 Å². The molecule has 0 amide bonds. The topological polar surface area (TPSA) is 76.5 Å². The predicted octanol–water partition coefficient (Wildman–Crippen LogP) is 3.11. The number of hydrogen-bond donors (Lipinski definition) is 1. The SMILES string of the molecule is COC(=O)CC(=O)CC(O)(CCc1ncsc1C(C)C)C(C)C. The fourth-order valence-corrected chi connectivity index (χ4v) is 3.35. The van der Waals surface area contributed by atoms with Gasteiger partial charge in [0.1, 0.15) is 12.2 Å². The molecule has 0 aliphatic carbocycles. The third-order valence-electron chi connectivity index (χ3n) is 4.14. The predicted molar refractivity (Wildman–Crippen MR) is 90.6 cm³/mol. The maximum absolute atomic E-state index is 12.0. The summed E-state index contributed by atoms with van der Waals surface area (Å²) >= 11 is 1.62. The lowest BCUT2D eigenvalue weighted by Gasteiger charge is -2.31. The minimum Gasteiger partial charge on any atom is -0.469 e. The molecule has 0 saturated heterocycles. The average Bonchev–Trinajstić information content (AvgIpc) is 2.93. The number of aromatic nitrogens is 1. The van der Waals surface area contributed by atoms with Crippen molar-refractivity contribution in [3.05, 3.63) is 16.1 Å². The van der Waals surface area contributed by atoms with Crippen LogP contribution >= 0.6 is 11.3 Å². The molecule has 5 nitrogen and oxygen atoms in total. The number of rotatable bonds is 9. The van der Waals surface area contributed by atoms with E-state index in [4.69, 9.17) is 0 Å². The van der Waals surface area contributed by atoms with Gasteiger partial charge in [0.2, 0.25) is 0 Å². The Kier molecular flexibility index (Phi) is 7.35. The molecular weight excluding hydrogens is 314 g/mol. The van der Waals surface area contributed by atoms with E-state index >= 15 is 0 Å². The Bertz CT molecular complexity index is 538. The van der Waals surface area contributed by atoms with Crippen molar-refractivity contribution in [1.29, 1.82) is 0 Å². The lowest BCUT2D eigenvalue weighted by molar-refractivity contribution is -0.144. The molecule has 1 heterocycles. The Morgan fingerprint density at radius 3 is 2.52 bits per heavy atom. The lowest BCUT2D eigenvalue weighted by Crippen LogP contribution is -2.38. The number of ketones is 1. The molecule has 0 bridgehead atoms. The van der Waals surface area contributed by atoms with Gasteiger partial charge in [-0.2, -0.15) is 0 Å². The van der Waals surface area contributed by atoms with Crippen LogP contribution in [0.15, 0.2) is 5.51 Å². The highest BCUT2D eigenvalue weighted by Gasteiger charge is 2.34. The molecule has 0 spiro atoms. The van der Waals surface area contributed by atoms with E-state index in [-0.39, 0.29) is 24.5 Å². The van der Waals surface area contributed by atoms with E-state index < -0.39 is 11.6 Å². The number of ether oxygens (including phenoxy) is 1. The smallest absolute Gasteiger partial charge is 0.313 e. The molecule has 130 valence electrons. The molecule has 0 aliphatic heterocycles. The zero-order valence-corrected chi connectivity index (χ0v) is 15.4. The number of carbonyl (C=O) groups is 2. The van der Waals surface area contributed by atoms with E-state index in [0.717, 1.165) is 5.69 Å². The molecule has 0 fully saturated rings. The van der Waals surface area contributed by atoms with Gasteiger partial charge in [-0.3, -0.25) is 9.59 Å². The highest BCUT2D eigenvalue weighted by Crippen LogP contribution is 2.30. The van der Waals surface area contributed by atoms with E-state index in [2.05, 4.69) is 23.6 Å². The summed E-state index contributed by atoms with van der Waals surface area (Å²) in [7, 11) is 1.25. The van der Waals surface area contributed by atoms with Gasteiger partial charge in [-0.15, -0.1) is 11.3 Å². The fraction of sp³-hybridized carbons (Fsp3) is 0.706. The molecule has 1 N–H and O–H groups in total. The minimum atomic E-state index is -1.14. The van der Waals surface area contributed by atoms with Crippen molar-refractivity contribution in [2.24, 2.45) is 5.92 Å². The number of esters is 1. The summed E-state index contributed by atoms with van der Waals surface area (Å²) in [4.78, 5) is 28.8. The summed E-state index contributed by atoms with van der Waals surface area (Å²) in [6.07, 6.45) is 0.735. The summed E-state index contributed by atoms with van der Waals surface area (Å²) in [6.45, 7) is 8.00. The number of methoxy groups -OCH3 is 1. The molecule has 1 aromatic rings. The Balaban J connectivity index is 2.75. The third-order valence-corrected chi connectivity index (χ3v) is 5.31. The van der Waals surface area contributed by atoms with Gasteiger partial charge in [-0.1, -0.05) is 27.7 Å². The number of Topliss-reactive ketones (excluding diaryl/α,β-unsaturated/α-hetero) is 1. The zero-order chi connectivity index (χ0) is 17.6. The molecule has 6 heteroatoms. The molecule has 0 aromatic carbocycles. The van der Waals surface area contributed by atoms with E-state index in [0.29, 0.717) is 18.8 Å². The molecule has 1 rings (SSSR count). The maximum atomic E-state index is 12.0. The van der Waals surface area contributed by atoms with Crippen LogP contribution in [0, 0.1) is 5.92 Å². The van der Waals surface area contributed by atoms with Gasteiger partial charge < -0.3 is 9.84 Å². The van der Waals surface area contributed by atoms with E-state index in [1.165, 1.54) is 12.0 Å². The first-order valence-electron chi connectivity index (χ1n) is 7.92. The van der Waals surface area contributed by atoms with Gasteiger partial charge in [-0.05, 0) is 24.7 Å². The van der Waals surface area contributed by atoms with E-state index in [1.807, 2.05) is 19.4 Å². The van der Waals surface area contributed by atoms with Crippen molar-refractivity contribution < 1.29 is 19.4 Å². The summed E-state index contributed by atoms with van der Waals surface area (Å²) < 4.78 is 4.51. The number of aryl methyl sites for hydroxylation is 1. The first kappa shape index (κ1) is 19.8. The first-order valence-corrected chi connectivity index (χ1v) is 8.80. The number of aliphatic hydroxyl groups is 1. The Morgan fingerprint density at radius 1 is 1.35 bits per heavy atom. The number of carbonyl (C=O) groups excluding carboxylic acids is 2. The fourth-order valence-electron chi connectivity index (χ4n) is 2.49. The van der Waals surface area contributed by atoms with Gasteiger partial charge in [-0.25, -0.2) is 4.98 Å². The zero-order valence-electron chi connectivity index (χ0n) is 14.6. The van der Waals surface area contributed by atoms with Crippen LogP contribution in [0.3, 0.4) is 0 Å². The van der Waals surface area contributed by atoms with Crippen molar-refractivity contribution in [2.45, 2.75) is 64.9 Å². The molecule has 0 saturated carbocycles. The van der Waals surface area contributed by atoms with Crippen LogP contribution in [0.5, 0.6) is 0 Å². The van der Waals surface area contributed by atoms with Crippen LogP contribution in [-0.4, -0.2) is 34.6 Å². The van der Waals surface area contributed by atoms with Crippen LogP contribution in [0.25, 0.3) is 0 Å². The molecular formula is C17H27NO4S. The third kappa shape index (κ3) is 5.70. The molecule has 23 heavy (non-hydrogen) atoms. The largest absolute Gasteiger partial charge is 0.469 e. The Morgan fingerprint density at radius 2 is 2.00 bits per heavy atom. The van der Waals surface area contributed by atoms with Crippen molar-refractivity contribution in [2.75, 3.05) is 7.11 Å². The summed E-state index contributed by atoms with van der Waals surface area (Å²) in [5, 5.41) is 10.9. The quantitative estimate of drug-likeness (QED) is 0.552. The van der Waals surface area contributed by atoms with Crippen LogP contribution in [0.4, 0.5) is 0 Å². The second-order valence-electron chi connectivity index (χ2n) is 6.54. The number of hydrogen-bond acceptors (Lipinski definition) is 6. The maximum Gasteiger partial charge on any atom is 0.313 e. The van der Waals surface area contributed by atoms with Crippen LogP contribution in [-0.2, 0) is 20.7 Å². The van der Waals surface area contributed by atoms with Crippen LogP contribution in [0.2, 0.25) is 0 Å². The van der Waals surface area contributed by atoms with E-state index in [1.54, 1.807) is 11.3 Å².